The van der Waals surface area contributed by atoms with Crippen LogP contribution in [0.15, 0.2) is 41.5 Å². The third-order valence-electron chi connectivity index (χ3n) is 3.01. The topological polar surface area (TPSA) is 61.7 Å². The summed E-state index contributed by atoms with van der Waals surface area (Å²) >= 11 is 0. The van der Waals surface area contributed by atoms with Gasteiger partial charge in [-0.3, -0.25) is 4.79 Å². The summed E-state index contributed by atoms with van der Waals surface area (Å²) in [4.78, 5) is 12.0. The first-order valence-electron chi connectivity index (χ1n) is 6.17. The van der Waals surface area contributed by atoms with Crippen LogP contribution in [0.2, 0.25) is 0 Å². The van der Waals surface area contributed by atoms with Gasteiger partial charge in [0.2, 0.25) is 0 Å². The molecule has 0 aliphatic heterocycles. The van der Waals surface area contributed by atoms with Gasteiger partial charge in [0.05, 0.1) is 5.56 Å². The predicted molar refractivity (Wildman–Crippen MR) is 76.5 cm³/mol. The van der Waals surface area contributed by atoms with Crippen molar-refractivity contribution < 1.29 is 9.90 Å². The highest BCUT2D eigenvalue weighted by Crippen LogP contribution is 2.28. The van der Waals surface area contributed by atoms with Crippen LogP contribution in [-0.2, 0) is 0 Å². The number of fused-ring (bicyclic) bond motifs is 1. The lowest BCUT2D eigenvalue weighted by molar-refractivity contribution is 0.0952. The maximum absolute atomic E-state index is 12.0. The second kappa shape index (κ2) is 5.52. The number of rotatable bonds is 3. The summed E-state index contributed by atoms with van der Waals surface area (Å²) in [5, 5.41) is 15.6. The molecule has 2 N–H and O–H groups in total. The van der Waals surface area contributed by atoms with Crippen molar-refractivity contribution >= 4 is 22.4 Å². The highest BCUT2D eigenvalue weighted by Gasteiger charge is 2.12. The standard InChI is InChI=1S/C15H16N2O2/c1-3-10(2)16-17-15(19)13-9-8-11-6-4-5-7-12(11)14(13)18/h4-9,18H,3H2,1-2H3,(H,17,19)/b16-10-. The first-order valence-corrected chi connectivity index (χ1v) is 6.17. The molecule has 0 bridgehead atoms. The van der Waals surface area contributed by atoms with Gasteiger partial charge < -0.3 is 5.11 Å². The molecule has 0 aromatic heterocycles. The number of phenolic OH excluding ortho intramolecular Hbond substituents is 1. The van der Waals surface area contributed by atoms with Gasteiger partial charge in [-0.25, -0.2) is 5.43 Å². The average Bonchev–Trinajstić information content (AvgIpc) is 2.45. The molecule has 2 aromatic rings. The van der Waals surface area contributed by atoms with Crippen LogP contribution in [-0.4, -0.2) is 16.7 Å². The quantitative estimate of drug-likeness (QED) is 0.655. The van der Waals surface area contributed by atoms with E-state index in [0.717, 1.165) is 17.5 Å². The van der Waals surface area contributed by atoms with Gasteiger partial charge in [0.25, 0.3) is 5.91 Å². The van der Waals surface area contributed by atoms with Gasteiger partial charge in [0.15, 0.2) is 0 Å². The van der Waals surface area contributed by atoms with Gasteiger partial charge in [0.1, 0.15) is 5.75 Å². The minimum atomic E-state index is -0.406. The lowest BCUT2D eigenvalue weighted by Gasteiger charge is -2.07. The highest BCUT2D eigenvalue weighted by atomic mass is 16.3. The van der Waals surface area contributed by atoms with Crippen LogP contribution in [0.25, 0.3) is 10.8 Å². The van der Waals surface area contributed by atoms with Crippen molar-refractivity contribution in [2.45, 2.75) is 20.3 Å². The molecule has 98 valence electrons. The molecule has 2 rings (SSSR count). The zero-order chi connectivity index (χ0) is 13.8. The molecule has 4 heteroatoms. The molecule has 0 unspecified atom stereocenters. The van der Waals surface area contributed by atoms with Crippen LogP contribution < -0.4 is 5.43 Å². The Morgan fingerprint density at radius 2 is 2.00 bits per heavy atom. The number of carbonyl (C=O) groups is 1. The fourth-order valence-corrected chi connectivity index (χ4v) is 1.72. The van der Waals surface area contributed by atoms with Crippen molar-refractivity contribution in [2.24, 2.45) is 5.10 Å². The number of nitrogens with zero attached hydrogens (tertiary/aromatic N) is 1. The molecule has 0 heterocycles. The largest absolute Gasteiger partial charge is 0.506 e. The lowest BCUT2D eigenvalue weighted by Crippen LogP contribution is -2.19. The molecule has 0 saturated carbocycles. The molecule has 0 aliphatic carbocycles. The number of hydrazone groups is 1. The van der Waals surface area contributed by atoms with E-state index in [0.29, 0.717) is 5.39 Å². The van der Waals surface area contributed by atoms with Crippen LogP contribution in [0, 0.1) is 0 Å². The van der Waals surface area contributed by atoms with Crippen LogP contribution in [0.1, 0.15) is 30.6 Å². The Labute approximate surface area is 111 Å². The third-order valence-corrected chi connectivity index (χ3v) is 3.01. The van der Waals surface area contributed by atoms with E-state index in [-0.39, 0.29) is 11.3 Å². The second-order valence-corrected chi connectivity index (χ2v) is 4.32. The zero-order valence-corrected chi connectivity index (χ0v) is 11.0. The van der Waals surface area contributed by atoms with E-state index in [4.69, 9.17) is 0 Å². The van der Waals surface area contributed by atoms with Crippen LogP contribution in [0.3, 0.4) is 0 Å². The molecular formula is C15H16N2O2. The molecule has 4 nitrogen and oxygen atoms in total. The number of hydrogen-bond donors (Lipinski definition) is 2. The molecule has 0 aliphatic rings. The Morgan fingerprint density at radius 1 is 1.26 bits per heavy atom. The Hall–Kier alpha value is -2.36. The van der Waals surface area contributed by atoms with Crippen molar-refractivity contribution in [2.75, 3.05) is 0 Å². The fraction of sp³-hybridized carbons (Fsp3) is 0.200. The lowest BCUT2D eigenvalue weighted by atomic mass is 10.1. The second-order valence-electron chi connectivity index (χ2n) is 4.32. The van der Waals surface area contributed by atoms with Crippen LogP contribution in [0.5, 0.6) is 5.75 Å². The molecule has 0 spiro atoms. The van der Waals surface area contributed by atoms with Crippen molar-refractivity contribution in [1.29, 1.82) is 0 Å². The Morgan fingerprint density at radius 3 is 2.74 bits per heavy atom. The number of aromatic hydroxyl groups is 1. The fourth-order valence-electron chi connectivity index (χ4n) is 1.72. The van der Waals surface area contributed by atoms with Crippen molar-refractivity contribution in [3.05, 3.63) is 42.0 Å². The Bertz CT molecular complexity index is 648. The molecule has 2 aromatic carbocycles. The van der Waals surface area contributed by atoms with Gasteiger partial charge in [-0.2, -0.15) is 5.10 Å². The van der Waals surface area contributed by atoms with E-state index in [2.05, 4.69) is 10.5 Å². The SMILES string of the molecule is CC/C(C)=N\NC(=O)c1ccc2ccccc2c1O. The van der Waals surface area contributed by atoms with E-state index in [1.54, 1.807) is 18.2 Å². The van der Waals surface area contributed by atoms with Crippen LogP contribution >= 0.6 is 0 Å². The van der Waals surface area contributed by atoms with Crippen molar-refractivity contribution in [3.63, 3.8) is 0 Å². The number of carbonyl (C=O) groups excluding carboxylic acids is 1. The van der Waals surface area contributed by atoms with Gasteiger partial charge >= 0.3 is 0 Å². The molecule has 19 heavy (non-hydrogen) atoms. The van der Waals surface area contributed by atoms with E-state index < -0.39 is 5.91 Å². The minimum Gasteiger partial charge on any atom is -0.506 e. The summed E-state index contributed by atoms with van der Waals surface area (Å²) in [6, 6.07) is 10.8. The monoisotopic (exact) mass is 256 g/mol. The Balaban J connectivity index is 2.35. The normalized spacial score (nSPS) is 11.6. The summed E-state index contributed by atoms with van der Waals surface area (Å²) in [5.41, 5.74) is 3.50. The highest BCUT2D eigenvalue weighted by molar-refractivity contribution is 6.03. The first kappa shape index (κ1) is 13.1. The molecular weight excluding hydrogens is 240 g/mol. The number of amides is 1. The van der Waals surface area contributed by atoms with E-state index >= 15 is 0 Å². The molecule has 0 radical (unpaired) electrons. The number of benzene rings is 2. The average molecular weight is 256 g/mol. The number of nitrogens with one attached hydrogen (secondary N) is 1. The van der Waals surface area contributed by atoms with Gasteiger partial charge in [-0.1, -0.05) is 37.3 Å². The summed E-state index contributed by atoms with van der Waals surface area (Å²) in [6.07, 6.45) is 0.768. The third kappa shape index (κ3) is 2.73. The molecule has 0 atom stereocenters. The Kier molecular flexibility index (Phi) is 3.80. The van der Waals surface area contributed by atoms with E-state index in [1.165, 1.54) is 0 Å². The maximum atomic E-state index is 12.0. The molecule has 0 saturated heterocycles. The van der Waals surface area contributed by atoms with Gasteiger partial charge in [-0.15, -0.1) is 0 Å². The van der Waals surface area contributed by atoms with Crippen molar-refractivity contribution in [1.82, 2.24) is 5.43 Å². The van der Waals surface area contributed by atoms with Gasteiger partial charge in [0, 0.05) is 11.1 Å². The summed E-state index contributed by atoms with van der Waals surface area (Å²) < 4.78 is 0. The summed E-state index contributed by atoms with van der Waals surface area (Å²) in [6.45, 7) is 3.79. The predicted octanol–water partition coefficient (Wildman–Crippen LogP) is 3.06. The number of phenols is 1. The maximum Gasteiger partial charge on any atom is 0.275 e. The smallest absolute Gasteiger partial charge is 0.275 e. The van der Waals surface area contributed by atoms with E-state index in [1.807, 2.05) is 32.0 Å². The number of hydrogen-bond acceptors (Lipinski definition) is 3. The van der Waals surface area contributed by atoms with Gasteiger partial charge in [-0.05, 0) is 24.8 Å². The van der Waals surface area contributed by atoms with E-state index in [9.17, 15) is 9.90 Å². The van der Waals surface area contributed by atoms with Crippen LogP contribution in [0.4, 0.5) is 0 Å². The molecule has 1 amide bonds. The first-order chi connectivity index (χ1) is 9.13. The minimum absolute atomic E-state index is 0.0139. The summed E-state index contributed by atoms with van der Waals surface area (Å²) in [5.74, 6) is -0.420. The zero-order valence-electron chi connectivity index (χ0n) is 11.0. The molecule has 0 fully saturated rings. The summed E-state index contributed by atoms with van der Waals surface area (Å²) in [7, 11) is 0. The van der Waals surface area contributed by atoms with Crippen molar-refractivity contribution in [3.8, 4) is 5.75 Å².